The smallest absolute Gasteiger partial charge is 0.358 e. The minimum absolute atomic E-state index is 0.128. The number of hydrogen-bond donors (Lipinski definition) is 1. The van der Waals surface area contributed by atoms with Gasteiger partial charge in [-0.1, -0.05) is 6.07 Å². The van der Waals surface area contributed by atoms with Crippen molar-refractivity contribution in [3.05, 3.63) is 58.8 Å². The number of pyridine rings is 1. The van der Waals surface area contributed by atoms with E-state index < -0.39 is 14.9 Å². The van der Waals surface area contributed by atoms with Gasteiger partial charge in [-0.25, -0.2) is 8.42 Å². The largest absolute Gasteiger partial charge is 0.372 e. The maximum absolute atomic E-state index is 12.0. The quantitative estimate of drug-likeness (QED) is 0.556. The molecule has 4 rings (SSSR count). The topological polar surface area (TPSA) is 110 Å². The number of nitrogens with one attached hydrogen (secondary N) is 1. The van der Waals surface area contributed by atoms with Crippen LogP contribution in [0.25, 0.3) is 5.65 Å². The Morgan fingerprint density at radius 1 is 1.15 bits per heavy atom. The fourth-order valence-electron chi connectivity index (χ4n) is 3.02. The number of rotatable bonds is 4. The standard InChI is InChI=1S/C16H15N5O4S/c22-21(23)16-15(18-14-4-1-2-9-19(14)16)17-12-5-7-13(8-6-12)20-10-3-11-26(20,24)25/h1-2,4-9,17H,3,10-11H2. The van der Waals surface area contributed by atoms with Gasteiger partial charge in [-0.2, -0.15) is 9.38 Å². The number of fused-ring (bicyclic) bond motifs is 1. The molecular weight excluding hydrogens is 358 g/mol. The first-order valence-corrected chi connectivity index (χ1v) is 9.56. The van der Waals surface area contributed by atoms with Crippen molar-refractivity contribution in [3.8, 4) is 0 Å². The lowest BCUT2D eigenvalue weighted by Crippen LogP contribution is -2.24. The second-order valence-corrected chi connectivity index (χ2v) is 7.90. The number of anilines is 3. The molecule has 10 heteroatoms. The fourth-order valence-corrected chi connectivity index (χ4v) is 4.58. The highest BCUT2D eigenvalue weighted by molar-refractivity contribution is 7.93. The van der Waals surface area contributed by atoms with Crippen molar-refractivity contribution in [1.82, 2.24) is 9.38 Å². The second-order valence-electron chi connectivity index (χ2n) is 5.88. The van der Waals surface area contributed by atoms with E-state index >= 15 is 0 Å². The van der Waals surface area contributed by atoms with E-state index in [0.29, 0.717) is 30.0 Å². The molecule has 0 spiro atoms. The molecule has 0 bridgehead atoms. The monoisotopic (exact) mass is 373 g/mol. The fraction of sp³-hybridized carbons (Fsp3) is 0.188. The van der Waals surface area contributed by atoms with Gasteiger partial charge in [-0.3, -0.25) is 4.31 Å². The van der Waals surface area contributed by atoms with E-state index in [0.717, 1.165) is 0 Å². The third-order valence-electron chi connectivity index (χ3n) is 4.19. The Labute approximate surface area is 149 Å². The van der Waals surface area contributed by atoms with Gasteiger partial charge >= 0.3 is 5.82 Å². The van der Waals surface area contributed by atoms with E-state index in [4.69, 9.17) is 0 Å². The molecule has 0 radical (unpaired) electrons. The lowest BCUT2D eigenvalue weighted by molar-refractivity contribution is -0.389. The van der Waals surface area contributed by atoms with Gasteiger partial charge in [0.25, 0.3) is 0 Å². The number of aromatic nitrogens is 2. The van der Waals surface area contributed by atoms with Gasteiger partial charge in [0.05, 0.1) is 17.6 Å². The minimum Gasteiger partial charge on any atom is -0.358 e. The third-order valence-corrected chi connectivity index (χ3v) is 6.06. The maximum Gasteiger partial charge on any atom is 0.372 e. The molecule has 9 nitrogen and oxygen atoms in total. The first-order valence-electron chi connectivity index (χ1n) is 7.95. The molecule has 0 saturated carbocycles. The molecule has 134 valence electrons. The normalized spacial score (nSPS) is 16.1. The Hall–Kier alpha value is -3.14. The van der Waals surface area contributed by atoms with E-state index in [9.17, 15) is 18.5 Å². The first-order chi connectivity index (χ1) is 12.5. The molecule has 3 heterocycles. The van der Waals surface area contributed by atoms with Gasteiger partial charge in [0, 0.05) is 18.3 Å². The summed E-state index contributed by atoms with van der Waals surface area (Å²) >= 11 is 0. The van der Waals surface area contributed by atoms with E-state index in [1.54, 1.807) is 48.7 Å². The summed E-state index contributed by atoms with van der Waals surface area (Å²) in [6.45, 7) is 0.465. The highest BCUT2D eigenvalue weighted by atomic mass is 32.2. The molecule has 1 N–H and O–H groups in total. The van der Waals surface area contributed by atoms with Gasteiger partial charge in [0.1, 0.15) is 0 Å². The van der Waals surface area contributed by atoms with Crippen LogP contribution in [-0.4, -0.2) is 35.0 Å². The van der Waals surface area contributed by atoms with Gasteiger partial charge in [-0.15, -0.1) is 0 Å². The van der Waals surface area contributed by atoms with Crippen LogP contribution in [0.2, 0.25) is 0 Å². The molecule has 0 unspecified atom stereocenters. The Morgan fingerprint density at radius 2 is 1.92 bits per heavy atom. The van der Waals surface area contributed by atoms with E-state index in [2.05, 4.69) is 10.3 Å². The van der Waals surface area contributed by atoms with Crippen molar-refractivity contribution in [2.24, 2.45) is 0 Å². The Kier molecular flexibility index (Phi) is 3.76. The lowest BCUT2D eigenvalue weighted by atomic mass is 10.2. The summed E-state index contributed by atoms with van der Waals surface area (Å²) in [4.78, 5) is 15.2. The van der Waals surface area contributed by atoms with E-state index in [-0.39, 0.29) is 17.4 Å². The molecule has 1 aromatic carbocycles. The number of imidazole rings is 1. The molecule has 1 aliphatic heterocycles. The zero-order valence-corrected chi connectivity index (χ0v) is 14.4. The Morgan fingerprint density at radius 3 is 2.58 bits per heavy atom. The third kappa shape index (κ3) is 2.73. The van der Waals surface area contributed by atoms with Crippen LogP contribution in [0.1, 0.15) is 6.42 Å². The summed E-state index contributed by atoms with van der Waals surface area (Å²) < 4.78 is 26.7. The summed E-state index contributed by atoms with van der Waals surface area (Å²) in [5.41, 5.74) is 1.62. The molecule has 1 saturated heterocycles. The number of hydrogen-bond acceptors (Lipinski definition) is 6. The lowest BCUT2D eigenvalue weighted by Gasteiger charge is -2.17. The summed E-state index contributed by atoms with van der Waals surface area (Å²) in [6, 6.07) is 11.8. The highest BCUT2D eigenvalue weighted by Crippen LogP contribution is 2.30. The molecule has 0 aliphatic carbocycles. The van der Waals surface area contributed by atoms with Crippen LogP contribution < -0.4 is 9.62 Å². The van der Waals surface area contributed by atoms with Crippen molar-refractivity contribution in [2.45, 2.75) is 6.42 Å². The average molecular weight is 373 g/mol. The van der Waals surface area contributed by atoms with Crippen molar-refractivity contribution in [1.29, 1.82) is 0 Å². The molecule has 1 fully saturated rings. The van der Waals surface area contributed by atoms with Crippen molar-refractivity contribution >= 4 is 38.7 Å². The summed E-state index contributed by atoms with van der Waals surface area (Å²) in [7, 11) is -3.24. The molecule has 26 heavy (non-hydrogen) atoms. The molecular formula is C16H15N5O4S. The Balaban J connectivity index is 1.65. The van der Waals surface area contributed by atoms with Gasteiger partial charge < -0.3 is 15.4 Å². The number of nitrogens with zero attached hydrogens (tertiary/aromatic N) is 4. The number of nitro groups is 1. The number of sulfonamides is 1. The Bertz CT molecular complexity index is 1090. The van der Waals surface area contributed by atoms with Crippen molar-refractivity contribution in [2.75, 3.05) is 21.9 Å². The zero-order chi connectivity index (χ0) is 18.3. The SMILES string of the molecule is O=[N+]([O-])c1c(Nc2ccc(N3CCCS3(=O)=O)cc2)nc2ccccn12. The van der Waals surface area contributed by atoms with Gasteiger partial charge in [0.2, 0.25) is 21.5 Å². The first kappa shape index (κ1) is 16.3. The van der Waals surface area contributed by atoms with Crippen LogP contribution in [0.4, 0.5) is 23.0 Å². The van der Waals surface area contributed by atoms with Crippen LogP contribution in [-0.2, 0) is 10.0 Å². The predicted molar refractivity (Wildman–Crippen MR) is 97.3 cm³/mol. The molecule has 0 atom stereocenters. The predicted octanol–water partition coefficient (Wildman–Crippen LogP) is 2.53. The summed E-state index contributed by atoms with van der Waals surface area (Å²) in [5.74, 6) is 0.120. The van der Waals surface area contributed by atoms with Crippen molar-refractivity contribution in [3.63, 3.8) is 0 Å². The summed E-state index contributed by atoms with van der Waals surface area (Å²) in [6.07, 6.45) is 2.18. The van der Waals surface area contributed by atoms with Crippen LogP contribution in [0.3, 0.4) is 0 Å². The highest BCUT2D eigenvalue weighted by Gasteiger charge is 2.28. The average Bonchev–Trinajstić information content (AvgIpc) is 3.14. The van der Waals surface area contributed by atoms with Crippen LogP contribution in [0.15, 0.2) is 48.7 Å². The van der Waals surface area contributed by atoms with E-state index in [1.165, 1.54) is 8.71 Å². The van der Waals surface area contributed by atoms with E-state index in [1.807, 2.05) is 0 Å². The zero-order valence-electron chi connectivity index (χ0n) is 13.6. The minimum atomic E-state index is -3.24. The van der Waals surface area contributed by atoms with Crippen LogP contribution in [0, 0.1) is 10.1 Å². The second kappa shape index (κ2) is 5.99. The maximum atomic E-state index is 12.0. The number of benzene rings is 1. The molecule has 0 amide bonds. The van der Waals surface area contributed by atoms with Crippen LogP contribution in [0.5, 0.6) is 0 Å². The van der Waals surface area contributed by atoms with Gasteiger partial charge in [0.15, 0.2) is 0 Å². The summed E-state index contributed by atoms with van der Waals surface area (Å²) in [5, 5.41) is 14.4. The molecule has 1 aliphatic rings. The van der Waals surface area contributed by atoms with Crippen molar-refractivity contribution < 1.29 is 13.3 Å². The molecule has 3 aromatic rings. The van der Waals surface area contributed by atoms with Crippen LogP contribution >= 0.6 is 0 Å². The van der Waals surface area contributed by atoms with Gasteiger partial charge in [-0.05, 0) is 41.7 Å². The molecule has 2 aromatic heterocycles.